The van der Waals surface area contributed by atoms with Crippen LogP contribution in [0.2, 0.25) is 5.02 Å². The molecule has 0 atom stereocenters. The summed E-state index contributed by atoms with van der Waals surface area (Å²) < 4.78 is 0. The largest absolute Gasteiger partial charge is 0.0930 e. The van der Waals surface area contributed by atoms with Crippen LogP contribution in [0.25, 0.3) is 6.08 Å². The summed E-state index contributed by atoms with van der Waals surface area (Å²) in [6.45, 7) is 0. The first-order valence-electron chi connectivity index (χ1n) is 3.52. The van der Waals surface area contributed by atoms with Gasteiger partial charge < -0.3 is 0 Å². The Morgan fingerprint density at radius 2 is 1.67 bits per heavy atom. The monoisotopic (exact) mass is 198 g/mol. The number of hydrogen-bond donors (Lipinski definition) is 0. The van der Waals surface area contributed by atoms with Crippen LogP contribution in [0.5, 0.6) is 0 Å². The fourth-order valence-electron chi connectivity index (χ4n) is 0.783. The van der Waals surface area contributed by atoms with E-state index in [4.69, 9.17) is 23.2 Å². The van der Waals surface area contributed by atoms with Crippen molar-refractivity contribution in [2.75, 3.05) is 0 Å². The first-order chi connectivity index (χ1) is 5.83. The lowest BCUT2D eigenvalue weighted by atomic mass is 10.2. The topological polar surface area (TPSA) is 0 Å². The molecule has 1 aromatic carbocycles. The summed E-state index contributed by atoms with van der Waals surface area (Å²) in [6, 6.07) is 7.60. The van der Waals surface area contributed by atoms with Crippen LogP contribution in [0.4, 0.5) is 0 Å². The molecule has 0 saturated carbocycles. The standard InChI is InChI=1S/C10H8Cl2/c11-8-2-1-3-9-4-6-10(12)7-5-9/h1-8H. The van der Waals surface area contributed by atoms with E-state index in [1.54, 1.807) is 6.08 Å². The molecule has 0 nitrogen and oxygen atoms in total. The van der Waals surface area contributed by atoms with Crippen molar-refractivity contribution in [2.24, 2.45) is 0 Å². The molecule has 0 fully saturated rings. The maximum absolute atomic E-state index is 5.71. The van der Waals surface area contributed by atoms with Gasteiger partial charge in [0.1, 0.15) is 0 Å². The highest BCUT2D eigenvalue weighted by Crippen LogP contribution is 2.10. The van der Waals surface area contributed by atoms with E-state index in [1.165, 1.54) is 5.54 Å². The van der Waals surface area contributed by atoms with Gasteiger partial charge in [0.15, 0.2) is 0 Å². The van der Waals surface area contributed by atoms with E-state index >= 15 is 0 Å². The van der Waals surface area contributed by atoms with Crippen molar-refractivity contribution in [1.29, 1.82) is 0 Å². The molecule has 0 unspecified atom stereocenters. The third-order valence-electron chi connectivity index (χ3n) is 1.34. The van der Waals surface area contributed by atoms with Crippen molar-refractivity contribution in [2.45, 2.75) is 0 Å². The Labute approximate surface area is 82.1 Å². The Hall–Kier alpha value is -0.720. The minimum Gasteiger partial charge on any atom is -0.0930 e. The molecule has 0 bridgehead atoms. The van der Waals surface area contributed by atoms with Crippen LogP contribution < -0.4 is 0 Å². The van der Waals surface area contributed by atoms with E-state index < -0.39 is 0 Å². The molecule has 0 aliphatic heterocycles. The maximum atomic E-state index is 5.71. The van der Waals surface area contributed by atoms with Gasteiger partial charge in [-0.05, 0) is 17.7 Å². The number of rotatable bonds is 2. The minimum absolute atomic E-state index is 0.750. The van der Waals surface area contributed by atoms with Gasteiger partial charge in [-0.3, -0.25) is 0 Å². The van der Waals surface area contributed by atoms with Gasteiger partial charge in [0, 0.05) is 10.6 Å². The summed E-state index contributed by atoms with van der Waals surface area (Å²) in [5.74, 6) is 0. The van der Waals surface area contributed by atoms with Crippen LogP contribution in [-0.4, -0.2) is 0 Å². The molecule has 1 aromatic rings. The second kappa shape index (κ2) is 5.02. The highest BCUT2D eigenvalue weighted by atomic mass is 35.5. The molecule has 12 heavy (non-hydrogen) atoms. The summed E-state index contributed by atoms with van der Waals surface area (Å²) in [5, 5.41) is 0.750. The molecular weight excluding hydrogens is 191 g/mol. The molecule has 0 amide bonds. The fraction of sp³-hybridized carbons (Fsp3) is 0. The lowest BCUT2D eigenvalue weighted by Crippen LogP contribution is -1.68. The smallest absolute Gasteiger partial charge is 0.0406 e. The Morgan fingerprint density at radius 3 is 2.25 bits per heavy atom. The van der Waals surface area contributed by atoms with Crippen molar-refractivity contribution >= 4 is 29.3 Å². The molecule has 0 heterocycles. The molecule has 0 N–H and O–H groups in total. The molecule has 62 valence electrons. The number of benzene rings is 1. The van der Waals surface area contributed by atoms with E-state index in [0.29, 0.717) is 0 Å². The van der Waals surface area contributed by atoms with Gasteiger partial charge in [-0.25, -0.2) is 0 Å². The van der Waals surface area contributed by atoms with Crippen LogP contribution >= 0.6 is 23.2 Å². The van der Waals surface area contributed by atoms with Gasteiger partial charge >= 0.3 is 0 Å². The zero-order valence-electron chi connectivity index (χ0n) is 6.37. The van der Waals surface area contributed by atoms with E-state index in [-0.39, 0.29) is 0 Å². The second-order valence-corrected chi connectivity index (χ2v) is 2.92. The van der Waals surface area contributed by atoms with Crippen molar-refractivity contribution in [3.8, 4) is 0 Å². The summed E-state index contributed by atoms with van der Waals surface area (Å²) in [6.07, 6.45) is 5.58. The summed E-state index contributed by atoms with van der Waals surface area (Å²) in [5.41, 5.74) is 2.57. The molecule has 2 heteroatoms. The molecule has 0 aliphatic carbocycles. The molecule has 0 saturated heterocycles. The Morgan fingerprint density at radius 1 is 1.00 bits per heavy atom. The van der Waals surface area contributed by atoms with Crippen LogP contribution in [-0.2, 0) is 0 Å². The van der Waals surface area contributed by atoms with Crippen molar-refractivity contribution < 1.29 is 0 Å². The average Bonchev–Trinajstić information content (AvgIpc) is 2.09. The average molecular weight is 199 g/mol. The fourth-order valence-corrected chi connectivity index (χ4v) is 0.993. The van der Waals surface area contributed by atoms with Gasteiger partial charge in [0.05, 0.1) is 0 Å². The van der Waals surface area contributed by atoms with Crippen molar-refractivity contribution in [3.63, 3.8) is 0 Å². The summed E-state index contributed by atoms with van der Waals surface area (Å²) in [4.78, 5) is 0. The Bertz CT molecular complexity index is 283. The molecule has 0 aliphatic rings. The highest BCUT2D eigenvalue weighted by Gasteiger charge is 1.85. The Kier molecular flexibility index (Phi) is 3.92. The van der Waals surface area contributed by atoms with Gasteiger partial charge in [-0.2, -0.15) is 0 Å². The second-order valence-electron chi connectivity index (χ2n) is 2.23. The SMILES string of the molecule is ClC=CC=Cc1ccc(Cl)cc1. The number of allylic oxidation sites excluding steroid dienone is 2. The zero-order valence-corrected chi connectivity index (χ0v) is 7.89. The van der Waals surface area contributed by atoms with Crippen LogP contribution in [0, 0.1) is 0 Å². The zero-order chi connectivity index (χ0) is 8.81. The summed E-state index contributed by atoms with van der Waals surface area (Å²) >= 11 is 11.1. The molecular formula is C10H8Cl2. The lowest BCUT2D eigenvalue weighted by molar-refractivity contribution is 1.66. The van der Waals surface area contributed by atoms with Gasteiger partial charge in [0.2, 0.25) is 0 Å². The van der Waals surface area contributed by atoms with Gasteiger partial charge in [-0.1, -0.05) is 53.6 Å². The molecule has 0 radical (unpaired) electrons. The predicted octanol–water partition coefficient (Wildman–Crippen LogP) is 4.11. The van der Waals surface area contributed by atoms with Crippen LogP contribution in [0.15, 0.2) is 42.0 Å². The predicted molar refractivity (Wildman–Crippen MR) is 55.5 cm³/mol. The van der Waals surface area contributed by atoms with Crippen molar-refractivity contribution in [1.82, 2.24) is 0 Å². The van der Waals surface area contributed by atoms with Crippen LogP contribution in [0.3, 0.4) is 0 Å². The van der Waals surface area contributed by atoms with E-state index in [1.807, 2.05) is 36.4 Å². The number of halogens is 2. The minimum atomic E-state index is 0.750. The quantitative estimate of drug-likeness (QED) is 0.628. The molecule has 0 aromatic heterocycles. The van der Waals surface area contributed by atoms with Gasteiger partial charge in [-0.15, -0.1) is 0 Å². The third kappa shape index (κ3) is 3.12. The summed E-state index contributed by atoms with van der Waals surface area (Å²) in [7, 11) is 0. The van der Waals surface area contributed by atoms with E-state index in [2.05, 4.69) is 0 Å². The van der Waals surface area contributed by atoms with Gasteiger partial charge in [0.25, 0.3) is 0 Å². The van der Waals surface area contributed by atoms with Crippen LogP contribution in [0.1, 0.15) is 5.56 Å². The lowest BCUT2D eigenvalue weighted by Gasteiger charge is -1.91. The Balaban J connectivity index is 2.70. The first-order valence-corrected chi connectivity index (χ1v) is 4.33. The number of hydrogen-bond acceptors (Lipinski definition) is 0. The van der Waals surface area contributed by atoms with Crippen molar-refractivity contribution in [3.05, 3.63) is 52.5 Å². The highest BCUT2D eigenvalue weighted by molar-refractivity contribution is 6.30. The third-order valence-corrected chi connectivity index (χ3v) is 1.74. The van der Waals surface area contributed by atoms with E-state index in [0.717, 1.165) is 10.6 Å². The molecule has 0 spiro atoms. The molecule has 1 rings (SSSR count). The first kappa shape index (κ1) is 9.37. The van der Waals surface area contributed by atoms with E-state index in [9.17, 15) is 0 Å². The normalized spacial score (nSPS) is 11.5. The maximum Gasteiger partial charge on any atom is 0.0406 e.